The molecule has 0 amide bonds. The number of hydrogen-bond donors (Lipinski definition) is 1. The van der Waals surface area contributed by atoms with Crippen LogP contribution >= 0.6 is 27.5 Å². The van der Waals surface area contributed by atoms with Gasteiger partial charge in [0.2, 0.25) is 0 Å². The molecule has 82 valence electrons. The second kappa shape index (κ2) is 4.94. The Bertz CT molecular complexity index is 395. The van der Waals surface area contributed by atoms with Crippen LogP contribution in [-0.2, 0) is 11.2 Å². The summed E-state index contributed by atoms with van der Waals surface area (Å²) in [5, 5.41) is 8.98. The van der Waals surface area contributed by atoms with Gasteiger partial charge in [0.1, 0.15) is 5.82 Å². The number of carbonyl (C=O) groups is 1. The number of rotatable bonds is 3. The fourth-order valence-electron chi connectivity index (χ4n) is 1.14. The highest BCUT2D eigenvalue weighted by atomic mass is 79.9. The van der Waals surface area contributed by atoms with Gasteiger partial charge in [0.05, 0.1) is 10.4 Å². The molecule has 0 heterocycles. The average molecular weight is 296 g/mol. The second-order valence-corrected chi connectivity index (χ2v) is 4.56. The third-order valence-electron chi connectivity index (χ3n) is 2.04. The van der Waals surface area contributed by atoms with Gasteiger partial charge in [-0.1, -0.05) is 18.5 Å². The summed E-state index contributed by atoms with van der Waals surface area (Å²) in [6.45, 7) is 1.58. The maximum Gasteiger partial charge on any atom is 0.306 e. The number of carboxylic acid groups (broad SMARTS) is 1. The number of carboxylic acids is 1. The molecule has 1 aromatic carbocycles. The van der Waals surface area contributed by atoms with Crippen LogP contribution in [0.5, 0.6) is 0 Å². The van der Waals surface area contributed by atoms with Gasteiger partial charge in [-0.2, -0.15) is 0 Å². The first-order valence-electron chi connectivity index (χ1n) is 4.28. The number of aliphatic carboxylic acids is 1. The molecule has 0 saturated carbocycles. The molecule has 5 heteroatoms. The highest BCUT2D eigenvalue weighted by molar-refractivity contribution is 9.10. The summed E-state index contributed by atoms with van der Waals surface area (Å²) < 4.78 is 13.3. The standard InChI is InChI=1S/C10H9BrClFO2/c1-5(10(14)15)2-6-3-7(11)9(13)4-8(6)12/h3-5H,2H2,1H3,(H,14,15). The Labute approximate surface area is 100 Å². The first-order chi connectivity index (χ1) is 6.91. The van der Waals surface area contributed by atoms with Gasteiger partial charge in [-0.15, -0.1) is 0 Å². The molecule has 15 heavy (non-hydrogen) atoms. The van der Waals surface area contributed by atoms with Crippen LogP contribution in [0.1, 0.15) is 12.5 Å². The predicted molar refractivity (Wildman–Crippen MR) is 59.6 cm³/mol. The Balaban J connectivity index is 2.95. The highest BCUT2D eigenvalue weighted by Crippen LogP contribution is 2.26. The molecular weight excluding hydrogens is 286 g/mol. The van der Waals surface area contributed by atoms with Crippen LogP contribution in [0.2, 0.25) is 5.02 Å². The van der Waals surface area contributed by atoms with Gasteiger partial charge in [-0.3, -0.25) is 4.79 Å². The first kappa shape index (κ1) is 12.5. The Morgan fingerprint density at radius 3 is 2.80 bits per heavy atom. The van der Waals surface area contributed by atoms with Crippen molar-refractivity contribution in [3.05, 3.63) is 33.0 Å². The summed E-state index contributed by atoms with van der Waals surface area (Å²) in [5.41, 5.74) is 0.625. The van der Waals surface area contributed by atoms with E-state index in [4.69, 9.17) is 16.7 Å². The highest BCUT2D eigenvalue weighted by Gasteiger charge is 2.15. The molecular formula is C10H9BrClFO2. The lowest BCUT2D eigenvalue weighted by molar-refractivity contribution is -0.141. The van der Waals surface area contributed by atoms with E-state index in [-0.39, 0.29) is 11.4 Å². The van der Waals surface area contributed by atoms with E-state index in [1.165, 1.54) is 12.1 Å². The molecule has 1 aromatic rings. The van der Waals surface area contributed by atoms with Crippen molar-refractivity contribution < 1.29 is 14.3 Å². The zero-order valence-corrected chi connectivity index (χ0v) is 10.3. The topological polar surface area (TPSA) is 37.3 Å². The molecule has 0 aliphatic rings. The van der Waals surface area contributed by atoms with Gasteiger partial charge in [0, 0.05) is 5.02 Å². The maximum absolute atomic E-state index is 13.0. The van der Waals surface area contributed by atoms with Crippen LogP contribution in [0, 0.1) is 11.7 Å². The largest absolute Gasteiger partial charge is 0.481 e. The summed E-state index contributed by atoms with van der Waals surface area (Å²) >= 11 is 8.82. The number of benzene rings is 1. The van der Waals surface area contributed by atoms with Crippen molar-refractivity contribution in [2.24, 2.45) is 5.92 Å². The molecule has 0 radical (unpaired) electrons. The fraction of sp³-hybridized carbons (Fsp3) is 0.300. The lowest BCUT2D eigenvalue weighted by Gasteiger charge is -2.09. The smallest absolute Gasteiger partial charge is 0.306 e. The third-order valence-corrected chi connectivity index (χ3v) is 3.00. The molecule has 1 unspecified atom stereocenters. The van der Waals surface area contributed by atoms with Crippen molar-refractivity contribution in [1.82, 2.24) is 0 Å². The molecule has 0 aromatic heterocycles. The van der Waals surface area contributed by atoms with E-state index in [2.05, 4.69) is 15.9 Å². The Hall–Kier alpha value is -0.610. The minimum atomic E-state index is -0.897. The molecule has 0 saturated heterocycles. The minimum Gasteiger partial charge on any atom is -0.481 e. The van der Waals surface area contributed by atoms with Crippen molar-refractivity contribution in [2.75, 3.05) is 0 Å². The van der Waals surface area contributed by atoms with E-state index in [9.17, 15) is 9.18 Å². The summed E-state index contributed by atoms with van der Waals surface area (Å²) in [5.74, 6) is -1.89. The van der Waals surface area contributed by atoms with E-state index in [0.29, 0.717) is 10.0 Å². The Morgan fingerprint density at radius 1 is 1.67 bits per heavy atom. The number of hydrogen-bond acceptors (Lipinski definition) is 1. The van der Waals surface area contributed by atoms with Crippen molar-refractivity contribution in [1.29, 1.82) is 0 Å². The molecule has 0 bridgehead atoms. The van der Waals surface area contributed by atoms with Gasteiger partial charge in [-0.05, 0) is 40.0 Å². The van der Waals surface area contributed by atoms with Gasteiger partial charge < -0.3 is 5.11 Å². The summed E-state index contributed by atoms with van der Waals surface area (Å²) in [4.78, 5) is 10.6. The summed E-state index contributed by atoms with van der Waals surface area (Å²) in [6, 6.07) is 2.69. The lowest BCUT2D eigenvalue weighted by atomic mass is 10.0. The van der Waals surface area contributed by atoms with Crippen molar-refractivity contribution >= 4 is 33.5 Å². The van der Waals surface area contributed by atoms with Crippen molar-refractivity contribution in [2.45, 2.75) is 13.3 Å². The van der Waals surface area contributed by atoms with Gasteiger partial charge in [0.15, 0.2) is 0 Å². The zero-order chi connectivity index (χ0) is 11.6. The molecule has 0 aliphatic carbocycles. The van der Waals surface area contributed by atoms with E-state index >= 15 is 0 Å². The number of halogens is 3. The maximum atomic E-state index is 13.0. The van der Waals surface area contributed by atoms with Gasteiger partial charge in [-0.25, -0.2) is 4.39 Å². The van der Waals surface area contributed by atoms with E-state index < -0.39 is 17.7 Å². The predicted octanol–water partition coefficient (Wildman–Crippen LogP) is 3.50. The molecule has 1 N–H and O–H groups in total. The zero-order valence-electron chi connectivity index (χ0n) is 7.93. The molecule has 2 nitrogen and oxygen atoms in total. The van der Waals surface area contributed by atoms with Crippen LogP contribution in [0.15, 0.2) is 16.6 Å². The van der Waals surface area contributed by atoms with E-state index in [1.807, 2.05) is 0 Å². The molecule has 1 rings (SSSR count). The van der Waals surface area contributed by atoms with Crippen LogP contribution in [-0.4, -0.2) is 11.1 Å². The summed E-state index contributed by atoms with van der Waals surface area (Å²) in [6.07, 6.45) is 0.285. The molecule has 0 aliphatic heterocycles. The SMILES string of the molecule is CC(Cc1cc(Br)c(F)cc1Cl)C(=O)O. The van der Waals surface area contributed by atoms with Crippen molar-refractivity contribution in [3.8, 4) is 0 Å². The third kappa shape index (κ3) is 3.18. The quantitative estimate of drug-likeness (QED) is 0.867. The van der Waals surface area contributed by atoms with E-state index in [1.54, 1.807) is 6.92 Å². The van der Waals surface area contributed by atoms with Gasteiger partial charge in [0.25, 0.3) is 0 Å². The first-order valence-corrected chi connectivity index (χ1v) is 5.45. The molecule has 1 atom stereocenters. The van der Waals surface area contributed by atoms with E-state index in [0.717, 1.165) is 0 Å². The Morgan fingerprint density at radius 2 is 2.27 bits per heavy atom. The van der Waals surface area contributed by atoms with Crippen LogP contribution in [0.4, 0.5) is 4.39 Å². The van der Waals surface area contributed by atoms with Crippen LogP contribution in [0.3, 0.4) is 0 Å². The minimum absolute atomic E-state index is 0.254. The monoisotopic (exact) mass is 294 g/mol. The summed E-state index contributed by atoms with van der Waals surface area (Å²) in [7, 11) is 0. The van der Waals surface area contributed by atoms with Crippen LogP contribution < -0.4 is 0 Å². The molecule has 0 spiro atoms. The fourth-order valence-corrected chi connectivity index (χ4v) is 1.76. The lowest BCUT2D eigenvalue weighted by Crippen LogP contribution is -2.12. The van der Waals surface area contributed by atoms with Crippen LogP contribution in [0.25, 0.3) is 0 Å². The van der Waals surface area contributed by atoms with Gasteiger partial charge >= 0.3 is 5.97 Å². The normalized spacial score (nSPS) is 12.5. The average Bonchev–Trinajstić information content (AvgIpc) is 2.13. The second-order valence-electron chi connectivity index (χ2n) is 3.30. The van der Waals surface area contributed by atoms with Crippen molar-refractivity contribution in [3.63, 3.8) is 0 Å². The molecule has 0 fully saturated rings. The Kier molecular flexibility index (Phi) is 4.11.